The maximum atomic E-state index is 12.3. The number of rotatable bonds is 4. The number of aromatic nitrogens is 2. The Morgan fingerprint density at radius 1 is 1.30 bits per heavy atom. The summed E-state index contributed by atoms with van der Waals surface area (Å²) in [6.07, 6.45) is 9.34. The van der Waals surface area contributed by atoms with Crippen molar-refractivity contribution in [1.29, 1.82) is 0 Å². The van der Waals surface area contributed by atoms with E-state index >= 15 is 0 Å². The molecule has 2 heterocycles. The summed E-state index contributed by atoms with van der Waals surface area (Å²) in [7, 11) is 3.64. The molecule has 1 aliphatic heterocycles. The van der Waals surface area contributed by atoms with E-state index in [0.29, 0.717) is 0 Å². The highest BCUT2D eigenvalue weighted by Gasteiger charge is 2.29. The summed E-state index contributed by atoms with van der Waals surface area (Å²) >= 11 is 0. The Morgan fingerprint density at radius 3 is 2.87 bits per heavy atom. The number of anilines is 1. The molecule has 2 amide bonds. The van der Waals surface area contributed by atoms with Gasteiger partial charge in [-0.05, 0) is 19.3 Å². The fraction of sp³-hybridized carbons (Fsp3) is 0.750. The molecule has 7 nitrogen and oxygen atoms in total. The van der Waals surface area contributed by atoms with Crippen LogP contribution < -0.4 is 15.5 Å². The molecule has 2 aliphatic rings. The van der Waals surface area contributed by atoms with Gasteiger partial charge in [-0.15, -0.1) is 0 Å². The lowest BCUT2D eigenvalue weighted by atomic mass is 9.92. The number of aryl methyl sites for hydroxylation is 1. The van der Waals surface area contributed by atoms with Crippen molar-refractivity contribution in [3.63, 3.8) is 0 Å². The van der Waals surface area contributed by atoms with Gasteiger partial charge in [-0.3, -0.25) is 4.68 Å². The van der Waals surface area contributed by atoms with E-state index in [0.717, 1.165) is 44.5 Å². The van der Waals surface area contributed by atoms with Gasteiger partial charge in [0.2, 0.25) is 0 Å². The lowest BCUT2D eigenvalue weighted by Gasteiger charge is -2.31. The molecule has 0 bridgehead atoms. The first-order valence-electron chi connectivity index (χ1n) is 8.49. The van der Waals surface area contributed by atoms with E-state index in [9.17, 15) is 4.79 Å². The number of urea groups is 1. The third-order valence-electron chi connectivity index (χ3n) is 4.90. The highest BCUT2D eigenvalue weighted by atomic mass is 16.5. The summed E-state index contributed by atoms with van der Waals surface area (Å²) < 4.78 is 7.29. The van der Waals surface area contributed by atoms with E-state index in [1.54, 1.807) is 11.8 Å². The molecule has 1 aliphatic carbocycles. The fourth-order valence-corrected chi connectivity index (χ4v) is 3.62. The summed E-state index contributed by atoms with van der Waals surface area (Å²) in [5.74, 6) is 0. The number of methoxy groups -OCH3 is 1. The molecule has 3 rings (SSSR count). The molecule has 3 atom stereocenters. The van der Waals surface area contributed by atoms with E-state index in [1.807, 2.05) is 19.4 Å². The van der Waals surface area contributed by atoms with Crippen LogP contribution >= 0.6 is 0 Å². The van der Waals surface area contributed by atoms with Crippen molar-refractivity contribution in [2.24, 2.45) is 7.05 Å². The third kappa shape index (κ3) is 3.96. The Kier molecular flexibility index (Phi) is 5.05. The third-order valence-corrected chi connectivity index (χ3v) is 4.90. The van der Waals surface area contributed by atoms with Crippen molar-refractivity contribution in [3.05, 3.63) is 12.4 Å². The maximum absolute atomic E-state index is 12.3. The molecule has 0 aromatic carbocycles. The Bertz CT molecular complexity index is 532. The molecule has 128 valence electrons. The molecule has 0 spiro atoms. The van der Waals surface area contributed by atoms with Crippen molar-refractivity contribution in [3.8, 4) is 0 Å². The number of carbonyl (C=O) groups is 1. The van der Waals surface area contributed by atoms with Crippen LogP contribution in [0.5, 0.6) is 0 Å². The van der Waals surface area contributed by atoms with E-state index < -0.39 is 0 Å². The summed E-state index contributed by atoms with van der Waals surface area (Å²) in [6, 6.07) is 0.237. The van der Waals surface area contributed by atoms with Gasteiger partial charge in [0.25, 0.3) is 0 Å². The first-order chi connectivity index (χ1) is 11.2. The summed E-state index contributed by atoms with van der Waals surface area (Å²) in [5.41, 5.74) is 1.11. The predicted octanol–water partition coefficient (Wildman–Crippen LogP) is 1.26. The van der Waals surface area contributed by atoms with E-state index in [2.05, 4.69) is 20.6 Å². The van der Waals surface area contributed by atoms with Gasteiger partial charge in [-0.2, -0.15) is 5.10 Å². The molecule has 7 heteroatoms. The van der Waals surface area contributed by atoms with Gasteiger partial charge < -0.3 is 20.3 Å². The average molecular weight is 321 g/mol. The van der Waals surface area contributed by atoms with Crippen molar-refractivity contribution in [2.75, 3.05) is 25.1 Å². The zero-order valence-corrected chi connectivity index (χ0v) is 14.0. The number of hydrogen-bond acceptors (Lipinski definition) is 4. The smallest absolute Gasteiger partial charge is 0.315 e. The molecule has 2 fully saturated rings. The lowest BCUT2D eigenvalue weighted by molar-refractivity contribution is 0.0451. The van der Waals surface area contributed by atoms with Gasteiger partial charge >= 0.3 is 6.03 Å². The molecular formula is C16H27N5O2. The highest BCUT2D eigenvalue weighted by molar-refractivity contribution is 5.75. The molecule has 2 N–H and O–H groups in total. The minimum atomic E-state index is -0.0722. The monoisotopic (exact) mass is 321 g/mol. The van der Waals surface area contributed by atoms with Crippen LogP contribution in [0.1, 0.15) is 32.1 Å². The van der Waals surface area contributed by atoms with Crippen LogP contribution in [0.2, 0.25) is 0 Å². The van der Waals surface area contributed by atoms with Gasteiger partial charge in [-0.25, -0.2) is 4.79 Å². The van der Waals surface area contributed by atoms with Crippen LogP contribution in [0.25, 0.3) is 0 Å². The Balaban J connectivity index is 1.47. The second-order valence-electron chi connectivity index (χ2n) is 6.59. The SMILES string of the molecule is CO[C@@H]1CCCC[C@@H]1NC(=O)N[C@H]1CCN(c2cnn(C)c2)C1. The molecule has 0 unspecified atom stereocenters. The number of amides is 2. The predicted molar refractivity (Wildman–Crippen MR) is 88.5 cm³/mol. The zero-order valence-electron chi connectivity index (χ0n) is 14.0. The van der Waals surface area contributed by atoms with Crippen LogP contribution in [0.4, 0.5) is 10.5 Å². The van der Waals surface area contributed by atoms with Gasteiger partial charge in [0.1, 0.15) is 0 Å². The minimum Gasteiger partial charge on any atom is -0.379 e. The molecule has 23 heavy (non-hydrogen) atoms. The number of carbonyl (C=O) groups excluding carboxylic acids is 1. The normalized spacial score (nSPS) is 27.9. The van der Waals surface area contributed by atoms with Gasteiger partial charge in [0.15, 0.2) is 0 Å². The first kappa shape index (κ1) is 16.1. The van der Waals surface area contributed by atoms with Crippen molar-refractivity contribution < 1.29 is 9.53 Å². The standard InChI is InChI=1S/C16H27N5O2/c1-20-11-13(9-17-20)21-8-7-12(10-21)18-16(22)19-14-5-3-4-6-15(14)23-2/h9,11-12,14-15H,3-8,10H2,1-2H3,(H2,18,19,22)/t12-,14-,15+/m0/s1. The zero-order chi connectivity index (χ0) is 16.2. The van der Waals surface area contributed by atoms with E-state index in [-0.39, 0.29) is 24.2 Å². The van der Waals surface area contributed by atoms with Gasteiger partial charge in [0, 0.05) is 39.5 Å². The summed E-state index contributed by atoms with van der Waals surface area (Å²) in [4.78, 5) is 14.5. The van der Waals surface area contributed by atoms with Crippen LogP contribution in [-0.4, -0.2) is 54.2 Å². The molecule has 1 aromatic heterocycles. The summed E-state index contributed by atoms with van der Waals surface area (Å²) in [5, 5.41) is 10.4. The number of nitrogens with one attached hydrogen (secondary N) is 2. The minimum absolute atomic E-state index is 0.0722. The maximum Gasteiger partial charge on any atom is 0.315 e. The first-order valence-corrected chi connectivity index (χ1v) is 8.49. The fourth-order valence-electron chi connectivity index (χ4n) is 3.62. The summed E-state index contributed by atoms with van der Waals surface area (Å²) in [6.45, 7) is 1.78. The van der Waals surface area contributed by atoms with Crippen molar-refractivity contribution >= 4 is 11.7 Å². The van der Waals surface area contributed by atoms with Crippen molar-refractivity contribution in [2.45, 2.75) is 50.3 Å². The topological polar surface area (TPSA) is 71.4 Å². The second kappa shape index (κ2) is 7.21. The second-order valence-corrected chi connectivity index (χ2v) is 6.59. The highest BCUT2D eigenvalue weighted by Crippen LogP contribution is 2.21. The largest absolute Gasteiger partial charge is 0.379 e. The molecule has 0 radical (unpaired) electrons. The Hall–Kier alpha value is -1.76. The molecule has 1 saturated carbocycles. The Labute approximate surface area is 137 Å². The van der Waals surface area contributed by atoms with Crippen LogP contribution in [-0.2, 0) is 11.8 Å². The van der Waals surface area contributed by atoms with E-state index in [1.165, 1.54) is 6.42 Å². The Morgan fingerprint density at radius 2 is 2.13 bits per heavy atom. The van der Waals surface area contributed by atoms with Crippen LogP contribution in [0.3, 0.4) is 0 Å². The van der Waals surface area contributed by atoms with E-state index in [4.69, 9.17) is 4.74 Å². The van der Waals surface area contributed by atoms with Gasteiger partial charge in [0.05, 0.1) is 24.0 Å². The van der Waals surface area contributed by atoms with Crippen LogP contribution in [0, 0.1) is 0 Å². The number of ether oxygens (including phenoxy) is 1. The lowest BCUT2D eigenvalue weighted by Crippen LogP contribution is -2.52. The molecular weight excluding hydrogens is 294 g/mol. The van der Waals surface area contributed by atoms with Crippen LogP contribution in [0.15, 0.2) is 12.4 Å². The molecule has 1 saturated heterocycles. The van der Waals surface area contributed by atoms with Gasteiger partial charge in [-0.1, -0.05) is 12.8 Å². The molecule has 1 aromatic rings. The quantitative estimate of drug-likeness (QED) is 0.876. The van der Waals surface area contributed by atoms with Crippen molar-refractivity contribution in [1.82, 2.24) is 20.4 Å². The number of nitrogens with zero attached hydrogens (tertiary/aromatic N) is 3. The number of hydrogen-bond donors (Lipinski definition) is 2. The average Bonchev–Trinajstić information content (AvgIpc) is 3.16.